The molecule has 0 aromatic carbocycles. The Bertz CT molecular complexity index is 305. The van der Waals surface area contributed by atoms with Crippen molar-refractivity contribution in [2.75, 3.05) is 23.9 Å². The van der Waals surface area contributed by atoms with Crippen molar-refractivity contribution in [1.29, 1.82) is 0 Å². The summed E-state index contributed by atoms with van der Waals surface area (Å²) in [6.07, 6.45) is 0. The van der Waals surface area contributed by atoms with Crippen LogP contribution in [0.4, 0.5) is 11.5 Å². The standard InChI is InChI=1S/C7H11ClN4S/c1-3-13-7-11-5(8)4(9)6(10-2)12-7/h3,9H2,1-2H3,(H,10,11,12). The van der Waals surface area contributed by atoms with Gasteiger partial charge in [0.15, 0.2) is 16.1 Å². The second-order valence-corrected chi connectivity index (χ2v) is 3.83. The molecule has 0 amide bonds. The summed E-state index contributed by atoms with van der Waals surface area (Å²) in [5.74, 6) is 1.49. The summed E-state index contributed by atoms with van der Waals surface area (Å²) in [5.41, 5.74) is 6.02. The van der Waals surface area contributed by atoms with Crippen LogP contribution in [0.25, 0.3) is 0 Å². The van der Waals surface area contributed by atoms with Gasteiger partial charge in [0.25, 0.3) is 0 Å². The predicted molar refractivity (Wildman–Crippen MR) is 57.4 cm³/mol. The second kappa shape index (κ2) is 4.53. The number of nitrogens with two attached hydrogens (primary N) is 1. The maximum atomic E-state index is 5.80. The molecule has 72 valence electrons. The first kappa shape index (κ1) is 10.4. The van der Waals surface area contributed by atoms with Crippen LogP contribution < -0.4 is 11.1 Å². The highest BCUT2D eigenvalue weighted by molar-refractivity contribution is 7.99. The SMILES string of the molecule is CCSc1nc(Cl)c(N)c(NC)n1. The molecule has 1 aromatic heterocycles. The number of rotatable bonds is 3. The van der Waals surface area contributed by atoms with Gasteiger partial charge in [-0.25, -0.2) is 9.97 Å². The Kier molecular flexibility index (Phi) is 3.62. The van der Waals surface area contributed by atoms with Gasteiger partial charge in [-0.15, -0.1) is 0 Å². The zero-order chi connectivity index (χ0) is 9.84. The Balaban J connectivity index is 3.06. The predicted octanol–water partition coefficient (Wildman–Crippen LogP) is 1.87. The first-order chi connectivity index (χ1) is 6.19. The first-order valence-electron chi connectivity index (χ1n) is 3.82. The highest BCUT2D eigenvalue weighted by atomic mass is 35.5. The fraction of sp³-hybridized carbons (Fsp3) is 0.429. The van der Waals surface area contributed by atoms with Crippen molar-refractivity contribution < 1.29 is 0 Å². The van der Waals surface area contributed by atoms with Crippen LogP contribution in [-0.2, 0) is 0 Å². The molecule has 0 fully saturated rings. The van der Waals surface area contributed by atoms with Crippen molar-refractivity contribution in [1.82, 2.24) is 9.97 Å². The van der Waals surface area contributed by atoms with Crippen molar-refractivity contribution in [3.63, 3.8) is 0 Å². The molecule has 6 heteroatoms. The minimum Gasteiger partial charge on any atom is -0.393 e. The van der Waals surface area contributed by atoms with Gasteiger partial charge in [-0.1, -0.05) is 30.3 Å². The average Bonchev–Trinajstić information content (AvgIpc) is 2.11. The van der Waals surface area contributed by atoms with Crippen LogP contribution in [0.1, 0.15) is 6.92 Å². The quantitative estimate of drug-likeness (QED) is 0.461. The molecule has 0 saturated heterocycles. The molecule has 3 N–H and O–H groups in total. The van der Waals surface area contributed by atoms with Gasteiger partial charge in [0.2, 0.25) is 0 Å². The summed E-state index contributed by atoms with van der Waals surface area (Å²) in [6.45, 7) is 2.03. The molecule has 1 aromatic rings. The van der Waals surface area contributed by atoms with Gasteiger partial charge in [0.1, 0.15) is 5.69 Å². The molecule has 0 saturated carbocycles. The number of nitrogen functional groups attached to an aromatic ring is 1. The van der Waals surface area contributed by atoms with Crippen molar-refractivity contribution >= 4 is 34.9 Å². The second-order valence-electron chi connectivity index (χ2n) is 2.24. The number of nitrogens with one attached hydrogen (secondary N) is 1. The van der Waals surface area contributed by atoms with Crippen LogP contribution in [0.2, 0.25) is 5.15 Å². The molecule has 1 heterocycles. The van der Waals surface area contributed by atoms with E-state index < -0.39 is 0 Å². The van der Waals surface area contributed by atoms with Crippen molar-refractivity contribution in [3.05, 3.63) is 5.15 Å². The summed E-state index contributed by atoms with van der Waals surface area (Å²) < 4.78 is 0. The normalized spacial score (nSPS) is 10.1. The zero-order valence-corrected chi connectivity index (χ0v) is 9.04. The molecule has 4 nitrogen and oxygen atoms in total. The molecule has 1 rings (SSSR count). The van der Waals surface area contributed by atoms with E-state index in [1.54, 1.807) is 7.05 Å². The minimum atomic E-state index is 0.301. The summed E-state index contributed by atoms with van der Waals surface area (Å²) in [7, 11) is 1.75. The Morgan fingerprint density at radius 3 is 2.77 bits per heavy atom. The zero-order valence-electron chi connectivity index (χ0n) is 7.47. The fourth-order valence-electron chi connectivity index (χ4n) is 0.807. The number of halogens is 1. The Labute approximate surface area is 86.3 Å². The van der Waals surface area contributed by atoms with E-state index in [2.05, 4.69) is 15.3 Å². The van der Waals surface area contributed by atoms with Crippen molar-refractivity contribution in [2.45, 2.75) is 12.1 Å². The van der Waals surface area contributed by atoms with Crippen LogP contribution in [0, 0.1) is 0 Å². The molecule has 0 bridgehead atoms. The number of nitrogens with zero attached hydrogens (tertiary/aromatic N) is 2. The molecule has 0 aliphatic carbocycles. The van der Waals surface area contributed by atoms with Crippen LogP contribution in [-0.4, -0.2) is 22.8 Å². The van der Waals surface area contributed by atoms with Crippen molar-refractivity contribution in [2.24, 2.45) is 0 Å². The monoisotopic (exact) mass is 218 g/mol. The lowest BCUT2D eigenvalue weighted by Crippen LogP contribution is -2.02. The third-order valence-electron chi connectivity index (χ3n) is 1.39. The summed E-state index contributed by atoms with van der Waals surface area (Å²) in [6, 6.07) is 0. The molecule has 0 aliphatic rings. The van der Waals surface area contributed by atoms with Crippen molar-refractivity contribution in [3.8, 4) is 0 Å². The molecule has 0 atom stereocenters. The maximum absolute atomic E-state index is 5.80. The van der Waals surface area contributed by atoms with Crippen LogP contribution in [0.15, 0.2) is 5.16 Å². The maximum Gasteiger partial charge on any atom is 0.191 e. The van der Waals surface area contributed by atoms with E-state index in [4.69, 9.17) is 17.3 Å². The van der Waals surface area contributed by atoms with E-state index in [0.717, 1.165) is 5.75 Å². The van der Waals surface area contributed by atoms with Gasteiger partial charge >= 0.3 is 0 Å². The summed E-state index contributed by atoms with van der Waals surface area (Å²) in [5, 5.41) is 3.81. The number of anilines is 2. The molecule has 0 spiro atoms. The van der Waals surface area contributed by atoms with E-state index in [-0.39, 0.29) is 0 Å². The molecular formula is C7H11ClN4S. The minimum absolute atomic E-state index is 0.301. The third-order valence-corrected chi connectivity index (χ3v) is 2.41. The van der Waals surface area contributed by atoms with Crippen LogP contribution in [0.3, 0.4) is 0 Å². The van der Waals surface area contributed by atoms with Gasteiger partial charge < -0.3 is 11.1 Å². The van der Waals surface area contributed by atoms with Crippen LogP contribution >= 0.6 is 23.4 Å². The number of hydrogen-bond acceptors (Lipinski definition) is 5. The molecule has 13 heavy (non-hydrogen) atoms. The molecule has 0 unspecified atom stereocenters. The highest BCUT2D eigenvalue weighted by Crippen LogP contribution is 2.26. The number of hydrogen-bond donors (Lipinski definition) is 2. The summed E-state index contributed by atoms with van der Waals surface area (Å²) in [4.78, 5) is 8.20. The lowest BCUT2D eigenvalue weighted by molar-refractivity contribution is 0.974. The van der Waals surface area contributed by atoms with E-state index in [9.17, 15) is 0 Å². The van der Waals surface area contributed by atoms with Crippen LogP contribution in [0.5, 0.6) is 0 Å². The van der Waals surface area contributed by atoms with E-state index >= 15 is 0 Å². The van der Waals surface area contributed by atoms with Gasteiger partial charge in [-0.3, -0.25) is 0 Å². The Morgan fingerprint density at radius 2 is 2.23 bits per heavy atom. The fourth-order valence-corrected chi connectivity index (χ4v) is 1.60. The smallest absolute Gasteiger partial charge is 0.191 e. The van der Waals surface area contributed by atoms with Gasteiger partial charge in [0.05, 0.1) is 0 Å². The Hall–Kier alpha value is -0.680. The van der Waals surface area contributed by atoms with Gasteiger partial charge in [0, 0.05) is 7.05 Å². The van der Waals surface area contributed by atoms with E-state index in [1.165, 1.54) is 11.8 Å². The molecular weight excluding hydrogens is 208 g/mol. The van der Waals surface area contributed by atoms with E-state index in [1.807, 2.05) is 6.92 Å². The van der Waals surface area contributed by atoms with Gasteiger partial charge in [-0.05, 0) is 5.75 Å². The largest absolute Gasteiger partial charge is 0.393 e. The van der Waals surface area contributed by atoms with Gasteiger partial charge in [-0.2, -0.15) is 0 Å². The molecule has 0 radical (unpaired) electrons. The summed E-state index contributed by atoms with van der Waals surface area (Å²) >= 11 is 7.33. The number of thioether (sulfide) groups is 1. The first-order valence-corrected chi connectivity index (χ1v) is 5.19. The number of aromatic nitrogens is 2. The Morgan fingerprint density at radius 1 is 1.54 bits per heavy atom. The lowest BCUT2D eigenvalue weighted by Gasteiger charge is -2.06. The molecule has 0 aliphatic heterocycles. The topological polar surface area (TPSA) is 63.8 Å². The lowest BCUT2D eigenvalue weighted by atomic mass is 10.5. The third kappa shape index (κ3) is 2.38. The highest BCUT2D eigenvalue weighted by Gasteiger charge is 2.08. The van der Waals surface area contributed by atoms with E-state index in [0.29, 0.717) is 21.8 Å². The average molecular weight is 219 g/mol.